The first kappa shape index (κ1) is 12.7. The normalized spacial score (nSPS) is 11.9. The maximum atomic E-state index is 6.14. The van der Waals surface area contributed by atoms with Crippen LogP contribution in [-0.2, 0) is 0 Å². The first-order chi connectivity index (χ1) is 6.79. The summed E-state index contributed by atoms with van der Waals surface area (Å²) >= 11 is 5.20. The Morgan fingerprint density at radius 2 is 1.87 bits per heavy atom. The second kappa shape index (κ2) is 5.66. The smallest absolute Gasteiger partial charge is 0.0657 e. The average Bonchev–Trinajstić information content (AvgIpc) is 2.70. The van der Waals surface area contributed by atoms with Crippen LogP contribution in [0.2, 0.25) is 0 Å². The van der Waals surface area contributed by atoms with Gasteiger partial charge in [-0.1, -0.05) is 40.2 Å². The Bertz CT molecular complexity index is 416. The Morgan fingerprint density at radius 1 is 1.13 bits per heavy atom. The highest BCUT2D eigenvalue weighted by Crippen LogP contribution is 2.28. The predicted molar refractivity (Wildman–Crippen MR) is 71.7 cm³/mol. The number of thiophene rings is 1. The maximum absolute atomic E-state index is 6.14. The van der Waals surface area contributed by atoms with Crippen molar-refractivity contribution in [3.63, 3.8) is 0 Å². The molecular weight excluding hydrogens is 294 g/mol. The van der Waals surface area contributed by atoms with Crippen molar-refractivity contribution in [1.29, 1.82) is 0 Å². The minimum absolute atomic E-state index is 0. The van der Waals surface area contributed by atoms with Gasteiger partial charge in [-0.3, -0.25) is 0 Å². The van der Waals surface area contributed by atoms with E-state index in [1.165, 1.54) is 4.88 Å². The van der Waals surface area contributed by atoms with E-state index in [2.05, 4.69) is 28.1 Å². The number of halogens is 2. The zero-order chi connectivity index (χ0) is 9.97. The van der Waals surface area contributed by atoms with Crippen LogP contribution in [-0.4, -0.2) is 0 Å². The van der Waals surface area contributed by atoms with Crippen molar-refractivity contribution in [3.8, 4) is 0 Å². The lowest BCUT2D eigenvalue weighted by Gasteiger charge is -2.11. The van der Waals surface area contributed by atoms with Crippen LogP contribution in [0.15, 0.2) is 46.3 Å². The van der Waals surface area contributed by atoms with Crippen molar-refractivity contribution in [2.75, 3.05) is 0 Å². The van der Waals surface area contributed by atoms with Crippen LogP contribution in [0.25, 0.3) is 0 Å². The van der Waals surface area contributed by atoms with Gasteiger partial charge in [0.15, 0.2) is 0 Å². The number of benzene rings is 1. The molecule has 0 aliphatic rings. The monoisotopic (exact) mass is 303 g/mol. The zero-order valence-electron chi connectivity index (χ0n) is 7.89. The molecule has 0 bridgehead atoms. The van der Waals surface area contributed by atoms with Crippen molar-refractivity contribution in [1.82, 2.24) is 0 Å². The van der Waals surface area contributed by atoms with Gasteiger partial charge in [-0.25, -0.2) is 0 Å². The number of rotatable bonds is 2. The molecule has 15 heavy (non-hydrogen) atoms. The Kier molecular flexibility index (Phi) is 4.80. The van der Waals surface area contributed by atoms with Crippen LogP contribution in [0.1, 0.15) is 16.5 Å². The lowest BCUT2D eigenvalue weighted by Crippen LogP contribution is -2.10. The van der Waals surface area contributed by atoms with E-state index in [-0.39, 0.29) is 18.4 Å². The van der Waals surface area contributed by atoms with Gasteiger partial charge in [0.2, 0.25) is 0 Å². The minimum Gasteiger partial charge on any atom is -0.320 e. The molecule has 2 aromatic rings. The fraction of sp³-hybridized carbons (Fsp3) is 0.0909. The summed E-state index contributed by atoms with van der Waals surface area (Å²) in [7, 11) is 0. The van der Waals surface area contributed by atoms with E-state index in [1.54, 1.807) is 11.3 Å². The molecule has 0 radical (unpaired) electrons. The van der Waals surface area contributed by atoms with E-state index in [1.807, 2.05) is 29.6 Å². The van der Waals surface area contributed by atoms with Gasteiger partial charge in [-0.15, -0.1) is 23.7 Å². The van der Waals surface area contributed by atoms with Crippen LogP contribution in [0.5, 0.6) is 0 Å². The highest BCUT2D eigenvalue weighted by atomic mass is 79.9. The summed E-state index contributed by atoms with van der Waals surface area (Å²) in [4.78, 5) is 1.19. The third-order valence-electron chi connectivity index (χ3n) is 2.09. The molecular formula is C11H11BrClNS. The quantitative estimate of drug-likeness (QED) is 0.892. The molecule has 80 valence electrons. The zero-order valence-corrected chi connectivity index (χ0v) is 11.1. The summed E-state index contributed by atoms with van der Waals surface area (Å²) in [6, 6.07) is 12.1. The van der Waals surface area contributed by atoms with E-state index < -0.39 is 0 Å². The molecule has 0 fully saturated rings. The molecule has 0 saturated heterocycles. The SMILES string of the molecule is Cl.N[C@@H](c1cccs1)c1ccccc1Br. The second-order valence-corrected chi connectivity index (χ2v) is 4.85. The van der Waals surface area contributed by atoms with E-state index in [4.69, 9.17) is 5.73 Å². The largest absolute Gasteiger partial charge is 0.320 e. The van der Waals surface area contributed by atoms with Gasteiger partial charge >= 0.3 is 0 Å². The highest BCUT2D eigenvalue weighted by Gasteiger charge is 2.11. The second-order valence-electron chi connectivity index (χ2n) is 3.01. The molecule has 2 rings (SSSR count). The molecule has 0 saturated carbocycles. The van der Waals surface area contributed by atoms with E-state index >= 15 is 0 Å². The van der Waals surface area contributed by atoms with Crippen molar-refractivity contribution in [2.24, 2.45) is 5.73 Å². The van der Waals surface area contributed by atoms with Crippen molar-refractivity contribution < 1.29 is 0 Å². The number of nitrogens with two attached hydrogens (primary N) is 1. The van der Waals surface area contributed by atoms with Crippen LogP contribution in [0.3, 0.4) is 0 Å². The fourth-order valence-electron chi connectivity index (χ4n) is 1.35. The van der Waals surface area contributed by atoms with Crippen LogP contribution in [0.4, 0.5) is 0 Å². The van der Waals surface area contributed by atoms with Crippen LogP contribution >= 0.6 is 39.7 Å². The Morgan fingerprint density at radius 3 is 2.47 bits per heavy atom. The van der Waals surface area contributed by atoms with Crippen LogP contribution in [0, 0.1) is 0 Å². The average molecular weight is 305 g/mol. The van der Waals surface area contributed by atoms with Gasteiger partial charge in [0.25, 0.3) is 0 Å². The standard InChI is InChI=1S/C11H10BrNS.ClH/c12-9-5-2-1-4-8(9)11(13)10-6-3-7-14-10;/h1-7,11H,13H2;1H/t11-;/m1./s1. The molecule has 1 aromatic heterocycles. The van der Waals surface area contributed by atoms with Gasteiger partial charge in [-0.2, -0.15) is 0 Å². The highest BCUT2D eigenvalue weighted by molar-refractivity contribution is 9.10. The third-order valence-corrected chi connectivity index (χ3v) is 3.77. The van der Waals surface area contributed by atoms with Gasteiger partial charge in [0.05, 0.1) is 6.04 Å². The Hall–Kier alpha value is -0.350. The lowest BCUT2D eigenvalue weighted by molar-refractivity contribution is 0.887. The maximum Gasteiger partial charge on any atom is 0.0657 e. The van der Waals surface area contributed by atoms with E-state index in [0.29, 0.717) is 0 Å². The summed E-state index contributed by atoms with van der Waals surface area (Å²) in [5.74, 6) is 0. The molecule has 0 amide bonds. The first-order valence-electron chi connectivity index (χ1n) is 4.32. The number of hydrogen-bond donors (Lipinski definition) is 1. The predicted octanol–water partition coefficient (Wildman–Crippen LogP) is 3.98. The topological polar surface area (TPSA) is 26.0 Å². The fourth-order valence-corrected chi connectivity index (χ4v) is 2.63. The molecule has 2 N–H and O–H groups in total. The Labute approximate surface area is 108 Å². The molecule has 0 unspecified atom stereocenters. The van der Waals surface area contributed by atoms with Gasteiger partial charge in [-0.05, 0) is 23.1 Å². The molecule has 0 aliphatic carbocycles. The van der Waals surface area contributed by atoms with Gasteiger partial charge < -0.3 is 5.73 Å². The summed E-state index contributed by atoms with van der Waals surface area (Å²) < 4.78 is 1.07. The minimum atomic E-state index is -0.0226. The molecule has 0 spiro atoms. The van der Waals surface area contributed by atoms with Crippen LogP contribution < -0.4 is 5.73 Å². The Balaban J connectivity index is 0.00000112. The van der Waals surface area contributed by atoms with Crippen molar-refractivity contribution >= 4 is 39.7 Å². The molecule has 1 aromatic carbocycles. The van der Waals surface area contributed by atoms with Gasteiger partial charge in [0, 0.05) is 9.35 Å². The van der Waals surface area contributed by atoms with Gasteiger partial charge in [0.1, 0.15) is 0 Å². The molecule has 4 heteroatoms. The first-order valence-corrected chi connectivity index (χ1v) is 5.99. The molecule has 1 heterocycles. The molecule has 1 nitrogen and oxygen atoms in total. The lowest BCUT2D eigenvalue weighted by atomic mass is 10.1. The summed E-state index contributed by atoms with van der Waals surface area (Å²) in [5, 5.41) is 2.05. The number of hydrogen-bond acceptors (Lipinski definition) is 2. The summed E-state index contributed by atoms with van der Waals surface area (Å²) in [5.41, 5.74) is 7.28. The molecule has 0 aliphatic heterocycles. The van der Waals surface area contributed by atoms with E-state index in [0.717, 1.165) is 10.0 Å². The van der Waals surface area contributed by atoms with Crippen molar-refractivity contribution in [2.45, 2.75) is 6.04 Å². The summed E-state index contributed by atoms with van der Waals surface area (Å²) in [6.07, 6.45) is 0. The summed E-state index contributed by atoms with van der Waals surface area (Å²) in [6.45, 7) is 0. The third kappa shape index (κ3) is 2.82. The van der Waals surface area contributed by atoms with E-state index in [9.17, 15) is 0 Å². The molecule has 1 atom stereocenters. The van der Waals surface area contributed by atoms with Crippen molar-refractivity contribution in [3.05, 3.63) is 56.7 Å².